The van der Waals surface area contributed by atoms with Gasteiger partial charge in [0.2, 0.25) is 0 Å². The summed E-state index contributed by atoms with van der Waals surface area (Å²) in [7, 11) is 1.56. The van der Waals surface area contributed by atoms with Crippen LogP contribution in [0.4, 0.5) is 0 Å². The first-order valence-electron chi connectivity index (χ1n) is 8.74. The highest BCUT2D eigenvalue weighted by Crippen LogP contribution is 2.20. The van der Waals surface area contributed by atoms with Gasteiger partial charge in [0.15, 0.2) is 0 Å². The third-order valence-electron chi connectivity index (χ3n) is 4.55. The zero-order valence-corrected chi connectivity index (χ0v) is 14.5. The maximum Gasteiger partial charge on any atom is 0.274 e. The monoisotopic (exact) mass is 337 g/mol. The van der Waals surface area contributed by atoms with Gasteiger partial charge in [0.1, 0.15) is 5.69 Å². The molecule has 0 radical (unpaired) electrons. The molecule has 1 fully saturated rings. The Morgan fingerprint density at radius 2 is 1.92 bits per heavy atom. The van der Waals surface area contributed by atoms with Gasteiger partial charge >= 0.3 is 0 Å². The molecule has 5 nitrogen and oxygen atoms in total. The number of hydrogen-bond donors (Lipinski definition) is 0. The summed E-state index contributed by atoms with van der Waals surface area (Å²) in [6.07, 6.45) is 8.35. The quantitative estimate of drug-likeness (QED) is 0.865. The van der Waals surface area contributed by atoms with Gasteiger partial charge in [0.25, 0.3) is 11.5 Å². The lowest BCUT2D eigenvalue weighted by Crippen LogP contribution is -2.40. The minimum Gasteiger partial charge on any atom is -0.331 e. The Bertz CT molecular complexity index is 811. The molecule has 0 spiro atoms. The van der Waals surface area contributed by atoms with E-state index in [9.17, 15) is 9.59 Å². The first-order valence-corrected chi connectivity index (χ1v) is 8.74. The van der Waals surface area contributed by atoms with Crippen molar-refractivity contribution in [1.29, 1.82) is 0 Å². The van der Waals surface area contributed by atoms with E-state index in [1.807, 2.05) is 35.2 Å². The normalized spacial score (nSPS) is 18.3. The molecule has 3 rings (SSSR count). The van der Waals surface area contributed by atoms with Crippen molar-refractivity contribution < 1.29 is 4.79 Å². The van der Waals surface area contributed by atoms with E-state index in [0.717, 1.165) is 31.2 Å². The van der Waals surface area contributed by atoms with Gasteiger partial charge in [0, 0.05) is 19.7 Å². The van der Waals surface area contributed by atoms with Crippen molar-refractivity contribution in [3.05, 3.63) is 70.2 Å². The Balaban J connectivity index is 1.84. The number of carbonyl (C=O) groups is 1. The maximum atomic E-state index is 13.0. The topological polar surface area (TPSA) is 55.2 Å². The molecule has 1 aliphatic rings. The second kappa shape index (κ2) is 7.92. The lowest BCUT2D eigenvalue weighted by molar-refractivity contribution is 0.0710. The number of likely N-dealkylation sites (tertiary alicyclic amines) is 1. The molecule has 2 heterocycles. The van der Waals surface area contributed by atoms with E-state index < -0.39 is 0 Å². The summed E-state index contributed by atoms with van der Waals surface area (Å²) in [5.41, 5.74) is 1.23. The second-order valence-corrected chi connectivity index (χ2v) is 6.37. The first-order chi connectivity index (χ1) is 12.1. The molecule has 1 aromatic heterocycles. The van der Waals surface area contributed by atoms with Crippen LogP contribution in [0.1, 0.15) is 41.7 Å². The summed E-state index contributed by atoms with van der Waals surface area (Å²) >= 11 is 0. The number of carbonyl (C=O) groups excluding carboxylic acids is 1. The highest BCUT2D eigenvalue weighted by molar-refractivity contribution is 5.92. The maximum absolute atomic E-state index is 13.0. The van der Waals surface area contributed by atoms with E-state index in [-0.39, 0.29) is 17.5 Å². The summed E-state index contributed by atoms with van der Waals surface area (Å²) in [6, 6.07) is 13.1. The number of aryl methyl sites for hydroxylation is 1. The van der Waals surface area contributed by atoms with Crippen LogP contribution in [0.2, 0.25) is 0 Å². The Morgan fingerprint density at radius 3 is 2.68 bits per heavy atom. The van der Waals surface area contributed by atoms with Crippen molar-refractivity contribution in [3.8, 4) is 0 Å². The van der Waals surface area contributed by atoms with Gasteiger partial charge in [-0.15, -0.1) is 0 Å². The van der Waals surface area contributed by atoms with Crippen LogP contribution in [0.15, 0.2) is 53.3 Å². The van der Waals surface area contributed by atoms with Crippen LogP contribution < -0.4 is 5.56 Å². The van der Waals surface area contributed by atoms with Gasteiger partial charge in [-0.1, -0.05) is 55.3 Å². The number of aromatic nitrogens is 2. The highest BCUT2D eigenvalue weighted by Gasteiger charge is 2.25. The van der Waals surface area contributed by atoms with E-state index in [4.69, 9.17) is 0 Å². The van der Waals surface area contributed by atoms with Crippen LogP contribution in [0.5, 0.6) is 0 Å². The number of benzene rings is 1. The van der Waals surface area contributed by atoms with Crippen LogP contribution in [-0.4, -0.2) is 33.2 Å². The van der Waals surface area contributed by atoms with Gasteiger partial charge < -0.3 is 4.90 Å². The fourth-order valence-corrected chi connectivity index (χ4v) is 3.14. The summed E-state index contributed by atoms with van der Waals surface area (Å²) in [4.78, 5) is 26.4. The zero-order valence-electron chi connectivity index (χ0n) is 14.5. The van der Waals surface area contributed by atoms with Crippen molar-refractivity contribution in [2.45, 2.75) is 31.7 Å². The molecule has 25 heavy (non-hydrogen) atoms. The van der Waals surface area contributed by atoms with Gasteiger partial charge in [-0.2, -0.15) is 5.10 Å². The van der Waals surface area contributed by atoms with Crippen LogP contribution in [0, 0.1) is 0 Å². The standard InChI is InChI=1S/C20H23N3O2/c1-22-19(24)14-13-18(21-22)20(25)23-15-7-3-6-10-17(23)12-11-16-8-4-2-5-9-16/h2,4-5,8-9,11-14,17H,3,6-7,10,15H2,1H3/b12-11+/t17-/m0/s1. The SMILES string of the molecule is Cn1nc(C(=O)N2CCCCC[C@H]2/C=C/c2ccccc2)ccc1=O. The Kier molecular flexibility index (Phi) is 5.43. The third-order valence-corrected chi connectivity index (χ3v) is 4.55. The minimum absolute atomic E-state index is 0.0502. The molecule has 1 amide bonds. The average molecular weight is 337 g/mol. The van der Waals surface area contributed by atoms with Crippen LogP contribution in [0.25, 0.3) is 6.08 Å². The predicted octanol–water partition coefficient (Wildman–Crippen LogP) is 2.88. The van der Waals surface area contributed by atoms with Crippen LogP contribution in [0.3, 0.4) is 0 Å². The lowest BCUT2D eigenvalue weighted by Gasteiger charge is -2.27. The average Bonchev–Trinajstić information content (AvgIpc) is 2.88. The van der Waals surface area contributed by atoms with Gasteiger partial charge in [-0.05, 0) is 24.5 Å². The number of nitrogens with zero attached hydrogens (tertiary/aromatic N) is 3. The summed E-state index contributed by atoms with van der Waals surface area (Å²) < 4.78 is 1.21. The first kappa shape index (κ1) is 17.1. The molecule has 1 aromatic carbocycles. The lowest BCUT2D eigenvalue weighted by atomic mass is 10.1. The number of hydrogen-bond acceptors (Lipinski definition) is 3. The van der Waals surface area contributed by atoms with Crippen molar-refractivity contribution in [3.63, 3.8) is 0 Å². The van der Waals surface area contributed by atoms with Gasteiger partial charge in [0.05, 0.1) is 6.04 Å². The Morgan fingerprint density at radius 1 is 1.12 bits per heavy atom. The zero-order chi connectivity index (χ0) is 17.6. The molecule has 1 atom stereocenters. The van der Waals surface area contributed by atoms with Crippen molar-refractivity contribution in [1.82, 2.24) is 14.7 Å². The molecular weight excluding hydrogens is 314 g/mol. The van der Waals surface area contributed by atoms with Crippen LogP contribution in [-0.2, 0) is 7.05 Å². The summed E-state index contributed by atoms with van der Waals surface area (Å²) in [5, 5.41) is 4.12. The third kappa shape index (κ3) is 4.24. The smallest absolute Gasteiger partial charge is 0.274 e. The van der Waals surface area contributed by atoms with Crippen molar-refractivity contribution >= 4 is 12.0 Å². The highest BCUT2D eigenvalue weighted by atomic mass is 16.2. The van der Waals surface area contributed by atoms with E-state index in [1.54, 1.807) is 7.05 Å². The van der Waals surface area contributed by atoms with Crippen LogP contribution >= 0.6 is 0 Å². The second-order valence-electron chi connectivity index (χ2n) is 6.37. The molecule has 130 valence electrons. The van der Waals surface area contributed by atoms with Crippen molar-refractivity contribution in [2.75, 3.05) is 6.54 Å². The fraction of sp³-hybridized carbons (Fsp3) is 0.350. The number of amides is 1. The van der Waals surface area contributed by atoms with E-state index in [1.165, 1.54) is 16.8 Å². The molecule has 0 bridgehead atoms. The number of rotatable bonds is 3. The molecule has 1 aliphatic heterocycles. The molecule has 0 saturated carbocycles. The predicted molar refractivity (Wildman–Crippen MR) is 98.2 cm³/mol. The van der Waals surface area contributed by atoms with E-state index in [0.29, 0.717) is 12.2 Å². The summed E-state index contributed by atoms with van der Waals surface area (Å²) in [5.74, 6) is -0.111. The van der Waals surface area contributed by atoms with E-state index >= 15 is 0 Å². The fourth-order valence-electron chi connectivity index (χ4n) is 3.14. The van der Waals surface area contributed by atoms with Crippen molar-refractivity contribution in [2.24, 2.45) is 7.05 Å². The molecule has 0 N–H and O–H groups in total. The molecule has 0 unspecified atom stereocenters. The Labute approximate surface area is 147 Å². The summed E-state index contributed by atoms with van der Waals surface area (Å²) in [6.45, 7) is 0.715. The van der Waals surface area contributed by atoms with E-state index in [2.05, 4.69) is 17.3 Å². The minimum atomic E-state index is -0.215. The molecule has 0 aliphatic carbocycles. The largest absolute Gasteiger partial charge is 0.331 e. The molecule has 1 saturated heterocycles. The van der Waals surface area contributed by atoms with Gasteiger partial charge in [-0.3, -0.25) is 9.59 Å². The molecule has 2 aromatic rings. The molecule has 5 heteroatoms. The Hall–Kier alpha value is -2.69. The molecular formula is C20H23N3O2. The van der Waals surface area contributed by atoms with Gasteiger partial charge in [-0.25, -0.2) is 4.68 Å².